The molecule has 0 radical (unpaired) electrons. The van der Waals surface area contributed by atoms with Crippen LogP contribution in [0.25, 0.3) is 16.9 Å². The third-order valence-corrected chi connectivity index (χ3v) is 5.24. The first kappa shape index (κ1) is 24.2. The summed E-state index contributed by atoms with van der Waals surface area (Å²) in [4.78, 5) is 16.6. The van der Waals surface area contributed by atoms with Gasteiger partial charge in [0.1, 0.15) is 11.5 Å². The second-order valence-electron chi connectivity index (χ2n) is 7.71. The number of nitrogens with one attached hydrogen (secondary N) is 1. The van der Waals surface area contributed by atoms with Crippen molar-refractivity contribution in [1.29, 1.82) is 0 Å². The largest absolute Gasteiger partial charge is 0.459 e. The molecule has 0 spiro atoms. The van der Waals surface area contributed by atoms with E-state index in [0.29, 0.717) is 23.5 Å². The van der Waals surface area contributed by atoms with Crippen LogP contribution in [-0.2, 0) is 12.5 Å². The van der Waals surface area contributed by atoms with Crippen LogP contribution in [0.3, 0.4) is 0 Å². The highest BCUT2D eigenvalue weighted by Crippen LogP contribution is 2.44. The predicted molar refractivity (Wildman–Crippen MR) is 112 cm³/mol. The summed E-state index contributed by atoms with van der Waals surface area (Å²) < 4.78 is 83.7. The summed E-state index contributed by atoms with van der Waals surface area (Å²) in [5.74, 6) is -6.69. The molecule has 4 aromatic rings. The highest BCUT2D eigenvalue weighted by Gasteiger charge is 2.60. The number of fused-ring (bicyclic) bond motifs is 1. The van der Waals surface area contributed by atoms with Gasteiger partial charge >= 0.3 is 12.1 Å². The Morgan fingerprint density at radius 1 is 1.06 bits per heavy atom. The molecule has 0 fully saturated rings. The first-order chi connectivity index (χ1) is 16.5. The molecule has 1 aromatic carbocycles. The maximum Gasteiger partial charge on any atom is 0.459 e. The quantitative estimate of drug-likeness (QED) is 0.302. The Labute approximate surface area is 194 Å². The van der Waals surface area contributed by atoms with E-state index >= 15 is 0 Å². The molecule has 1 N–H and O–H groups in total. The van der Waals surface area contributed by atoms with E-state index < -0.39 is 35.2 Å². The smallest absolute Gasteiger partial charge is 0.351 e. The molecule has 3 heterocycles. The standard InChI is InChI=1S/C22H18F6N6O/c1-13-7-9-30-33(13)10-2-8-29-20(35)17-12-19-31-16(14-3-5-15(23)6-4-14)11-18(34(19)32-17)21(24,25)22(26,27)28/h3-7,9,11-12H,2,8,10H2,1H3,(H,29,35). The van der Waals surface area contributed by atoms with Crippen molar-refractivity contribution in [2.45, 2.75) is 32.0 Å². The van der Waals surface area contributed by atoms with Crippen LogP contribution in [0.4, 0.5) is 26.3 Å². The lowest BCUT2D eigenvalue weighted by atomic mass is 10.1. The first-order valence-electron chi connectivity index (χ1n) is 10.4. The zero-order valence-corrected chi connectivity index (χ0v) is 18.2. The molecular weight excluding hydrogens is 478 g/mol. The van der Waals surface area contributed by atoms with Crippen LogP contribution in [0.15, 0.2) is 48.7 Å². The molecule has 4 rings (SSSR count). The highest BCUT2D eigenvalue weighted by atomic mass is 19.4. The third kappa shape index (κ3) is 4.84. The van der Waals surface area contributed by atoms with E-state index in [1.54, 1.807) is 10.9 Å². The lowest BCUT2D eigenvalue weighted by molar-refractivity contribution is -0.291. The molecule has 0 aliphatic rings. The third-order valence-electron chi connectivity index (χ3n) is 5.24. The Balaban J connectivity index is 1.65. The number of benzene rings is 1. The molecular formula is C22H18F6N6O. The van der Waals surface area contributed by atoms with Crippen molar-refractivity contribution in [2.24, 2.45) is 0 Å². The molecule has 35 heavy (non-hydrogen) atoms. The van der Waals surface area contributed by atoms with E-state index in [9.17, 15) is 31.1 Å². The molecule has 1 amide bonds. The van der Waals surface area contributed by atoms with Crippen molar-refractivity contribution in [3.05, 3.63) is 71.6 Å². The number of aromatic nitrogens is 5. The maximum atomic E-state index is 14.4. The number of alkyl halides is 5. The number of hydrogen-bond acceptors (Lipinski definition) is 4. The van der Waals surface area contributed by atoms with Gasteiger partial charge in [-0.15, -0.1) is 0 Å². The summed E-state index contributed by atoms with van der Waals surface area (Å²) in [6, 6.07) is 7.76. The Kier molecular flexibility index (Phi) is 6.26. The van der Waals surface area contributed by atoms with Crippen LogP contribution in [0, 0.1) is 12.7 Å². The van der Waals surface area contributed by atoms with Crippen molar-refractivity contribution in [3.63, 3.8) is 0 Å². The maximum absolute atomic E-state index is 14.4. The summed E-state index contributed by atoms with van der Waals surface area (Å²) >= 11 is 0. The van der Waals surface area contributed by atoms with Gasteiger partial charge < -0.3 is 5.32 Å². The van der Waals surface area contributed by atoms with E-state index in [2.05, 4.69) is 20.5 Å². The second kappa shape index (κ2) is 9.04. The molecule has 3 aromatic heterocycles. The average molecular weight is 496 g/mol. The van der Waals surface area contributed by atoms with Gasteiger partial charge in [-0.25, -0.2) is 13.9 Å². The minimum atomic E-state index is -5.93. The first-order valence-corrected chi connectivity index (χ1v) is 10.4. The van der Waals surface area contributed by atoms with Gasteiger partial charge in [0.05, 0.1) is 5.69 Å². The Morgan fingerprint density at radius 2 is 1.77 bits per heavy atom. The van der Waals surface area contributed by atoms with Gasteiger partial charge in [-0.05, 0) is 49.7 Å². The summed E-state index contributed by atoms with van der Waals surface area (Å²) in [6.45, 7) is 2.56. The lowest BCUT2D eigenvalue weighted by Crippen LogP contribution is -2.36. The average Bonchev–Trinajstić information content (AvgIpc) is 3.41. The topological polar surface area (TPSA) is 77.1 Å². The molecule has 7 nitrogen and oxygen atoms in total. The minimum absolute atomic E-state index is 0.106. The second-order valence-corrected chi connectivity index (χ2v) is 7.71. The molecule has 184 valence electrons. The summed E-state index contributed by atoms with van der Waals surface area (Å²) in [7, 11) is 0. The molecule has 0 bridgehead atoms. The summed E-state index contributed by atoms with van der Waals surface area (Å²) in [6.07, 6.45) is -3.81. The van der Waals surface area contributed by atoms with Gasteiger partial charge in [0, 0.05) is 36.6 Å². The summed E-state index contributed by atoms with van der Waals surface area (Å²) in [5.41, 5.74) is -1.54. The predicted octanol–water partition coefficient (Wildman–Crippen LogP) is 4.51. The van der Waals surface area contributed by atoms with Gasteiger partial charge in [-0.2, -0.15) is 32.1 Å². The Morgan fingerprint density at radius 3 is 2.40 bits per heavy atom. The van der Waals surface area contributed by atoms with Crippen LogP contribution < -0.4 is 5.32 Å². The molecule has 0 saturated carbocycles. The van der Waals surface area contributed by atoms with Crippen LogP contribution in [0.1, 0.15) is 28.3 Å². The van der Waals surface area contributed by atoms with Crippen LogP contribution in [0.5, 0.6) is 0 Å². The molecule has 0 aliphatic heterocycles. The number of carbonyl (C=O) groups excluding carboxylic acids is 1. The van der Waals surface area contributed by atoms with Crippen molar-refractivity contribution in [1.82, 2.24) is 29.7 Å². The molecule has 0 atom stereocenters. The zero-order valence-electron chi connectivity index (χ0n) is 18.2. The molecule has 0 unspecified atom stereocenters. The van der Waals surface area contributed by atoms with Gasteiger partial charge in [0.25, 0.3) is 5.91 Å². The van der Waals surface area contributed by atoms with Crippen molar-refractivity contribution >= 4 is 11.6 Å². The van der Waals surface area contributed by atoms with Gasteiger partial charge in [-0.1, -0.05) is 0 Å². The Hall–Kier alpha value is -3.90. The van der Waals surface area contributed by atoms with E-state index in [0.717, 1.165) is 23.9 Å². The van der Waals surface area contributed by atoms with Gasteiger partial charge in [0.15, 0.2) is 11.3 Å². The number of amides is 1. The van der Waals surface area contributed by atoms with Crippen molar-refractivity contribution in [3.8, 4) is 11.3 Å². The van der Waals surface area contributed by atoms with Crippen molar-refractivity contribution in [2.75, 3.05) is 6.54 Å². The normalized spacial score (nSPS) is 12.3. The lowest BCUT2D eigenvalue weighted by Gasteiger charge is -2.21. The van der Waals surface area contributed by atoms with E-state index in [4.69, 9.17) is 0 Å². The number of halogens is 6. The Bertz CT molecular complexity index is 1360. The van der Waals surface area contributed by atoms with Crippen LogP contribution in [0.2, 0.25) is 0 Å². The fourth-order valence-electron chi connectivity index (χ4n) is 3.38. The number of rotatable bonds is 7. The number of hydrogen-bond donors (Lipinski definition) is 1. The van der Waals surface area contributed by atoms with Crippen LogP contribution in [-0.4, -0.2) is 43.0 Å². The SMILES string of the molecule is Cc1ccnn1CCCNC(=O)c1cc2nc(-c3ccc(F)cc3)cc(C(F)(F)C(F)(F)F)n2n1. The molecule has 0 saturated heterocycles. The number of aryl methyl sites for hydroxylation is 2. The fraction of sp³-hybridized carbons (Fsp3) is 0.273. The molecule has 0 aliphatic carbocycles. The van der Waals surface area contributed by atoms with Crippen molar-refractivity contribution < 1.29 is 31.1 Å². The highest BCUT2D eigenvalue weighted by molar-refractivity contribution is 5.93. The fourth-order valence-corrected chi connectivity index (χ4v) is 3.38. The monoisotopic (exact) mass is 496 g/mol. The summed E-state index contributed by atoms with van der Waals surface area (Å²) in [5, 5.41) is 10.3. The number of carbonyl (C=O) groups is 1. The number of nitrogens with zero attached hydrogens (tertiary/aromatic N) is 5. The van der Waals surface area contributed by atoms with Gasteiger partial charge in [-0.3, -0.25) is 9.48 Å². The zero-order chi connectivity index (χ0) is 25.4. The minimum Gasteiger partial charge on any atom is -0.351 e. The van der Waals surface area contributed by atoms with Crippen LogP contribution >= 0.6 is 0 Å². The van der Waals surface area contributed by atoms with E-state index in [1.165, 1.54) is 12.1 Å². The van der Waals surface area contributed by atoms with E-state index in [1.807, 2.05) is 13.0 Å². The van der Waals surface area contributed by atoms with Gasteiger partial charge in [0.2, 0.25) is 0 Å². The molecule has 13 heteroatoms. The van der Waals surface area contributed by atoms with E-state index in [-0.39, 0.29) is 23.5 Å².